The van der Waals surface area contributed by atoms with Gasteiger partial charge in [0.2, 0.25) is 5.95 Å². The second-order valence-corrected chi connectivity index (χ2v) is 12.1. The molecular weight excluding hydrogens is 528 g/mol. The summed E-state index contributed by atoms with van der Waals surface area (Å²) in [4.78, 5) is 31.4. The lowest BCUT2D eigenvalue weighted by Crippen LogP contribution is -2.35. The average molecular weight is 569 g/mol. The molecule has 4 aromatic rings. The number of ether oxygens (including phenoxy) is 1. The molecule has 1 atom stereocenters. The van der Waals surface area contributed by atoms with Crippen molar-refractivity contribution in [2.75, 3.05) is 41.7 Å². The standard InChI is InChI=1S/C32H40N8O2/c1-32(2,3)42-31(41)39-19-16-26(21-39)40-22-34-27-28(33-20-23-10-6-4-7-11-23)36-30(37-29(27)40)35-24-12-14-25(15-13-24)38-17-8-5-9-18-38/h4,6-7,10-15,22,26H,5,8-9,16-21H2,1-3H3,(H2,33,35,36,37). The Morgan fingerprint density at radius 1 is 0.976 bits per heavy atom. The number of anilines is 4. The van der Waals surface area contributed by atoms with E-state index >= 15 is 0 Å². The van der Waals surface area contributed by atoms with E-state index in [0.717, 1.165) is 36.4 Å². The summed E-state index contributed by atoms with van der Waals surface area (Å²) in [6.45, 7) is 9.66. The van der Waals surface area contributed by atoms with Crippen molar-refractivity contribution in [2.24, 2.45) is 0 Å². The van der Waals surface area contributed by atoms with Gasteiger partial charge in [-0.05, 0) is 76.3 Å². The second kappa shape index (κ2) is 11.9. The smallest absolute Gasteiger partial charge is 0.410 e. The molecule has 10 nitrogen and oxygen atoms in total. The van der Waals surface area contributed by atoms with Crippen LogP contribution in [-0.2, 0) is 11.3 Å². The minimum atomic E-state index is -0.532. The van der Waals surface area contributed by atoms with E-state index in [4.69, 9.17) is 19.7 Å². The third-order valence-electron chi connectivity index (χ3n) is 7.78. The minimum absolute atomic E-state index is 0.0380. The first-order valence-corrected chi connectivity index (χ1v) is 14.9. The predicted molar refractivity (Wildman–Crippen MR) is 166 cm³/mol. The number of piperidine rings is 1. The molecule has 2 N–H and O–H groups in total. The van der Waals surface area contributed by atoms with Gasteiger partial charge in [0.05, 0.1) is 12.4 Å². The van der Waals surface area contributed by atoms with E-state index in [2.05, 4.69) is 56.5 Å². The molecule has 2 fully saturated rings. The van der Waals surface area contributed by atoms with Crippen molar-refractivity contribution in [3.8, 4) is 0 Å². The highest BCUT2D eigenvalue weighted by Gasteiger charge is 2.32. The van der Waals surface area contributed by atoms with Crippen LogP contribution in [-0.4, -0.2) is 62.3 Å². The lowest BCUT2D eigenvalue weighted by atomic mass is 10.1. The summed E-state index contributed by atoms with van der Waals surface area (Å²) in [7, 11) is 0. The van der Waals surface area contributed by atoms with Gasteiger partial charge in [0.25, 0.3) is 0 Å². The summed E-state index contributed by atoms with van der Waals surface area (Å²) in [6.07, 6.45) is 6.13. The molecule has 2 aliphatic heterocycles. The molecule has 0 bridgehead atoms. The minimum Gasteiger partial charge on any atom is -0.444 e. The molecule has 42 heavy (non-hydrogen) atoms. The Morgan fingerprint density at radius 2 is 1.74 bits per heavy atom. The van der Waals surface area contributed by atoms with Crippen molar-refractivity contribution in [1.82, 2.24) is 24.4 Å². The largest absolute Gasteiger partial charge is 0.444 e. The summed E-state index contributed by atoms with van der Waals surface area (Å²) < 4.78 is 7.68. The maximum atomic E-state index is 12.7. The molecular formula is C32H40N8O2. The molecule has 1 unspecified atom stereocenters. The zero-order chi connectivity index (χ0) is 29.1. The number of fused-ring (bicyclic) bond motifs is 1. The van der Waals surface area contributed by atoms with Gasteiger partial charge in [-0.3, -0.25) is 0 Å². The number of hydrogen-bond donors (Lipinski definition) is 2. The van der Waals surface area contributed by atoms with Gasteiger partial charge >= 0.3 is 6.09 Å². The lowest BCUT2D eigenvalue weighted by molar-refractivity contribution is 0.0289. The maximum Gasteiger partial charge on any atom is 0.410 e. The van der Waals surface area contributed by atoms with E-state index in [1.54, 1.807) is 4.90 Å². The van der Waals surface area contributed by atoms with Crippen LogP contribution in [0.15, 0.2) is 60.9 Å². The molecule has 10 heteroatoms. The highest BCUT2D eigenvalue weighted by Crippen LogP contribution is 2.30. The Balaban J connectivity index is 1.26. The number of hydrogen-bond acceptors (Lipinski definition) is 8. The van der Waals surface area contributed by atoms with Gasteiger partial charge < -0.3 is 29.7 Å². The first-order chi connectivity index (χ1) is 20.3. The number of carbonyl (C=O) groups excluding carboxylic acids is 1. The molecule has 220 valence electrons. The van der Waals surface area contributed by atoms with Crippen LogP contribution in [0, 0.1) is 0 Å². The first kappa shape index (κ1) is 27.8. The number of likely N-dealkylation sites (tertiary alicyclic amines) is 1. The second-order valence-electron chi connectivity index (χ2n) is 12.1. The summed E-state index contributed by atoms with van der Waals surface area (Å²) in [5.74, 6) is 1.16. The summed E-state index contributed by atoms with van der Waals surface area (Å²) in [5, 5.41) is 6.90. The number of nitrogens with one attached hydrogen (secondary N) is 2. The molecule has 1 amide bonds. The highest BCUT2D eigenvalue weighted by molar-refractivity contribution is 5.85. The van der Waals surface area contributed by atoms with Crippen molar-refractivity contribution >= 4 is 40.4 Å². The SMILES string of the molecule is CC(C)(C)OC(=O)N1CCC(n2cnc3c(NCc4ccccc4)nc(Nc4ccc(N5CCCCC5)cc4)nc32)C1. The molecule has 0 aliphatic carbocycles. The Morgan fingerprint density at radius 3 is 2.48 bits per heavy atom. The number of amides is 1. The predicted octanol–water partition coefficient (Wildman–Crippen LogP) is 6.35. The third kappa shape index (κ3) is 6.42. The van der Waals surface area contributed by atoms with Gasteiger partial charge in [0.1, 0.15) is 5.60 Å². The number of aromatic nitrogens is 4. The van der Waals surface area contributed by atoms with Gasteiger partial charge in [0.15, 0.2) is 17.0 Å². The molecule has 6 rings (SSSR count). The van der Waals surface area contributed by atoms with Gasteiger partial charge in [0, 0.05) is 44.1 Å². The van der Waals surface area contributed by atoms with Crippen LogP contribution in [0.5, 0.6) is 0 Å². The van der Waals surface area contributed by atoms with Crippen molar-refractivity contribution < 1.29 is 9.53 Å². The van der Waals surface area contributed by atoms with Crippen LogP contribution >= 0.6 is 0 Å². The molecule has 0 spiro atoms. The molecule has 2 aliphatic rings. The zero-order valence-electron chi connectivity index (χ0n) is 24.7. The van der Waals surface area contributed by atoms with E-state index in [9.17, 15) is 4.79 Å². The topological polar surface area (TPSA) is 100 Å². The normalized spacial score (nSPS) is 17.5. The number of nitrogens with zero attached hydrogens (tertiary/aromatic N) is 6. The van der Waals surface area contributed by atoms with E-state index in [1.165, 1.54) is 24.9 Å². The summed E-state index contributed by atoms with van der Waals surface area (Å²) >= 11 is 0. The van der Waals surface area contributed by atoms with E-state index in [0.29, 0.717) is 36.9 Å². The quantitative estimate of drug-likeness (QED) is 0.266. The van der Waals surface area contributed by atoms with Crippen molar-refractivity contribution in [3.05, 3.63) is 66.5 Å². The molecule has 0 saturated carbocycles. The number of rotatable bonds is 7. The number of carbonyl (C=O) groups is 1. The van der Waals surface area contributed by atoms with Gasteiger partial charge in [-0.25, -0.2) is 9.78 Å². The Labute approximate surface area is 247 Å². The van der Waals surface area contributed by atoms with Crippen LogP contribution in [0.1, 0.15) is 58.1 Å². The van der Waals surface area contributed by atoms with Crippen LogP contribution in [0.4, 0.5) is 27.9 Å². The Bertz CT molecular complexity index is 1510. The maximum absolute atomic E-state index is 12.7. The molecule has 2 aromatic heterocycles. The van der Waals surface area contributed by atoms with Gasteiger partial charge in [-0.15, -0.1) is 0 Å². The Hall–Kier alpha value is -4.34. The van der Waals surface area contributed by atoms with Crippen molar-refractivity contribution in [3.63, 3.8) is 0 Å². The van der Waals surface area contributed by atoms with E-state index in [-0.39, 0.29) is 12.1 Å². The monoisotopic (exact) mass is 568 g/mol. The number of benzene rings is 2. The van der Waals surface area contributed by atoms with Gasteiger partial charge in [-0.2, -0.15) is 9.97 Å². The fourth-order valence-electron chi connectivity index (χ4n) is 5.64. The fourth-order valence-corrected chi connectivity index (χ4v) is 5.64. The molecule has 2 saturated heterocycles. The first-order valence-electron chi connectivity index (χ1n) is 14.9. The summed E-state index contributed by atoms with van der Waals surface area (Å²) in [6, 6.07) is 18.8. The van der Waals surface area contributed by atoms with E-state index < -0.39 is 5.60 Å². The van der Waals surface area contributed by atoms with Crippen molar-refractivity contribution in [2.45, 2.75) is 64.6 Å². The zero-order valence-corrected chi connectivity index (χ0v) is 24.7. The average Bonchev–Trinajstić information content (AvgIpc) is 3.64. The highest BCUT2D eigenvalue weighted by atomic mass is 16.6. The van der Waals surface area contributed by atoms with Crippen LogP contribution in [0.2, 0.25) is 0 Å². The molecule has 0 radical (unpaired) electrons. The third-order valence-corrected chi connectivity index (χ3v) is 7.78. The summed E-state index contributed by atoms with van der Waals surface area (Å²) in [5.41, 5.74) is 4.21. The molecule has 4 heterocycles. The Kier molecular flexibility index (Phi) is 7.86. The molecule has 2 aromatic carbocycles. The lowest BCUT2D eigenvalue weighted by Gasteiger charge is -2.28. The number of imidazole rings is 1. The van der Waals surface area contributed by atoms with Gasteiger partial charge in [-0.1, -0.05) is 30.3 Å². The van der Waals surface area contributed by atoms with Crippen LogP contribution in [0.25, 0.3) is 11.2 Å². The van der Waals surface area contributed by atoms with Crippen LogP contribution in [0.3, 0.4) is 0 Å². The fraction of sp³-hybridized carbons (Fsp3) is 0.438. The van der Waals surface area contributed by atoms with Crippen molar-refractivity contribution in [1.29, 1.82) is 0 Å². The van der Waals surface area contributed by atoms with Crippen LogP contribution < -0.4 is 15.5 Å². The van der Waals surface area contributed by atoms with E-state index in [1.807, 2.05) is 45.3 Å².